The summed E-state index contributed by atoms with van der Waals surface area (Å²) < 4.78 is 5.59. The van der Waals surface area contributed by atoms with E-state index in [1.54, 1.807) is 6.92 Å². The van der Waals surface area contributed by atoms with Crippen LogP contribution in [0.25, 0.3) is 11.1 Å². The van der Waals surface area contributed by atoms with Crippen molar-refractivity contribution in [1.82, 2.24) is 10.2 Å². The Balaban J connectivity index is 1.43. The van der Waals surface area contributed by atoms with E-state index in [-0.39, 0.29) is 18.4 Å². The Morgan fingerprint density at radius 3 is 2.26 bits per heavy atom. The van der Waals surface area contributed by atoms with E-state index in [9.17, 15) is 19.5 Å². The number of nitrogens with zero attached hydrogens (tertiary/aromatic N) is 1. The number of ether oxygens (including phenoxy) is 1. The van der Waals surface area contributed by atoms with Crippen molar-refractivity contribution in [2.24, 2.45) is 0 Å². The number of amides is 2. The third-order valence-electron chi connectivity index (χ3n) is 7.16. The Bertz CT molecular complexity index is 1040. The van der Waals surface area contributed by atoms with Crippen LogP contribution < -0.4 is 5.32 Å². The third-order valence-corrected chi connectivity index (χ3v) is 7.16. The monoisotopic (exact) mass is 464 g/mol. The predicted octanol–water partition coefficient (Wildman–Crippen LogP) is 4.55. The number of carboxylic acid groups (broad SMARTS) is 1. The second-order valence-corrected chi connectivity index (χ2v) is 9.11. The quantitative estimate of drug-likeness (QED) is 0.598. The van der Waals surface area contributed by atoms with Crippen molar-refractivity contribution in [2.45, 2.75) is 63.5 Å². The van der Waals surface area contributed by atoms with Crippen LogP contribution in [0.1, 0.15) is 63.0 Å². The van der Waals surface area contributed by atoms with Gasteiger partial charge in [0.05, 0.1) is 0 Å². The summed E-state index contributed by atoms with van der Waals surface area (Å²) in [5.74, 6) is -1.41. The lowest BCUT2D eigenvalue weighted by Crippen LogP contribution is -2.58. The molecule has 34 heavy (non-hydrogen) atoms. The maximum Gasteiger partial charge on any atom is 0.407 e. The molecule has 180 valence electrons. The van der Waals surface area contributed by atoms with E-state index >= 15 is 0 Å². The first-order chi connectivity index (χ1) is 16.4. The number of hydrogen-bond acceptors (Lipinski definition) is 4. The van der Waals surface area contributed by atoms with E-state index in [1.807, 2.05) is 43.3 Å². The fourth-order valence-corrected chi connectivity index (χ4v) is 5.51. The van der Waals surface area contributed by atoms with Gasteiger partial charge in [0.15, 0.2) is 0 Å². The molecule has 2 aromatic rings. The molecule has 2 aliphatic rings. The first kappa shape index (κ1) is 23.8. The molecule has 0 aromatic heterocycles. The highest BCUT2D eigenvalue weighted by molar-refractivity contribution is 5.92. The van der Waals surface area contributed by atoms with Crippen LogP contribution in [0.5, 0.6) is 0 Å². The topological polar surface area (TPSA) is 95.9 Å². The van der Waals surface area contributed by atoms with Gasteiger partial charge in [0, 0.05) is 12.5 Å². The summed E-state index contributed by atoms with van der Waals surface area (Å²) in [5, 5.41) is 12.6. The van der Waals surface area contributed by atoms with Gasteiger partial charge in [0.2, 0.25) is 5.91 Å². The van der Waals surface area contributed by atoms with E-state index < -0.39 is 23.6 Å². The van der Waals surface area contributed by atoms with Crippen molar-refractivity contribution in [1.29, 1.82) is 0 Å². The van der Waals surface area contributed by atoms with Gasteiger partial charge in [-0.05, 0) is 47.9 Å². The van der Waals surface area contributed by atoms with Gasteiger partial charge in [-0.15, -0.1) is 0 Å². The minimum Gasteiger partial charge on any atom is -0.479 e. The van der Waals surface area contributed by atoms with Crippen LogP contribution >= 0.6 is 0 Å². The van der Waals surface area contributed by atoms with Crippen molar-refractivity contribution in [2.75, 3.05) is 13.2 Å². The molecule has 1 aliphatic carbocycles. The Morgan fingerprint density at radius 1 is 1.09 bits per heavy atom. The minimum absolute atomic E-state index is 0.0725. The van der Waals surface area contributed by atoms with Crippen LogP contribution in [0, 0.1) is 0 Å². The third kappa shape index (κ3) is 4.15. The largest absolute Gasteiger partial charge is 0.479 e. The smallest absolute Gasteiger partial charge is 0.407 e. The van der Waals surface area contributed by atoms with Gasteiger partial charge in [-0.3, -0.25) is 4.79 Å². The van der Waals surface area contributed by atoms with Gasteiger partial charge >= 0.3 is 12.1 Å². The average Bonchev–Trinajstić information content (AvgIpc) is 3.41. The summed E-state index contributed by atoms with van der Waals surface area (Å²) in [6.07, 6.45) is 1.81. The summed E-state index contributed by atoms with van der Waals surface area (Å²) in [7, 11) is 0. The van der Waals surface area contributed by atoms with Crippen molar-refractivity contribution in [3.05, 3.63) is 59.7 Å². The maximum absolute atomic E-state index is 13.3. The second kappa shape index (κ2) is 9.87. The Hall–Kier alpha value is -3.35. The van der Waals surface area contributed by atoms with Gasteiger partial charge < -0.3 is 20.1 Å². The fourth-order valence-electron chi connectivity index (χ4n) is 5.51. The van der Waals surface area contributed by atoms with Gasteiger partial charge in [-0.1, -0.05) is 68.8 Å². The first-order valence-electron chi connectivity index (χ1n) is 12.1. The van der Waals surface area contributed by atoms with E-state index in [2.05, 4.69) is 17.4 Å². The molecule has 2 atom stereocenters. The van der Waals surface area contributed by atoms with Crippen molar-refractivity contribution in [3.63, 3.8) is 0 Å². The Kier molecular flexibility index (Phi) is 6.91. The van der Waals surface area contributed by atoms with Crippen LogP contribution in [0.4, 0.5) is 4.79 Å². The van der Waals surface area contributed by atoms with Gasteiger partial charge in [-0.25, -0.2) is 9.59 Å². The summed E-state index contributed by atoms with van der Waals surface area (Å²) in [5.41, 5.74) is 3.32. The van der Waals surface area contributed by atoms with E-state index in [0.29, 0.717) is 38.6 Å². The van der Waals surface area contributed by atoms with Gasteiger partial charge in [0.1, 0.15) is 18.2 Å². The number of alkyl carbamates (subject to hydrolysis) is 1. The molecule has 2 N–H and O–H groups in total. The van der Waals surface area contributed by atoms with E-state index in [4.69, 9.17) is 4.74 Å². The molecule has 0 saturated carbocycles. The highest BCUT2D eigenvalue weighted by atomic mass is 16.5. The van der Waals surface area contributed by atoms with Crippen LogP contribution in [0.15, 0.2) is 48.5 Å². The molecule has 1 aliphatic heterocycles. The van der Waals surface area contributed by atoms with Crippen molar-refractivity contribution in [3.8, 4) is 11.1 Å². The number of benzene rings is 2. The molecule has 4 rings (SSSR count). The molecule has 1 fully saturated rings. The molecule has 0 radical (unpaired) electrons. The molecule has 0 spiro atoms. The van der Waals surface area contributed by atoms with Crippen molar-refractivity contribution >= 4 is 18.0 Å². The number of carbonyl (C=O) groups is 3. The number of carbonyl (C=O) groups excluding carboxylic acids is 2. The number of carboxylic acids is 1. The highest BCUT2D eigenvalue weighted by Gasteiger charge is 2.50. The SMILES string of the molecule is CCCC1(C(=O)O)CCCN1C(=O)[C@@H](CC)NC(=O)OCC1c2ccccc2-c2ccccc21. The molecule has 2 aromatic carbocycles. The second-order valence-electron chi connectivity index (χ2n) is 9.11. The molecule has 0 bridgehead atoms. The van der Waals surface area contributed by atoms with Gasteiger partial charge in [0.25, 0.3) is 0 Å². The lowest BCUT2D eigenvalue weighted by Gasteiger charge is -2.36. The molecule has 1 saturated heterocycles. The summed E-state index contributed by atoms with van der Waals surface area (Å²) >= 11 is 0. The molecule has 1 heterocycles. The molecule has 7 nitrogen and oxygen atoms in total. The normalized spacial score (nSPS) is 19.9. The molecule has 2 amide bonds. The van der Waals surface area contributed by atoms with Crippen LogP contribution in [0.2, 0.25) is 0 Å². The number of fused-ring (bicyclic) bond motifs is 3. The lowest BCUT2D eigenvalue weighted by molar-refractivity contribution is -0.158. The Labute approximate surface area is 200 Å². The predicted molar refractivity (Wildman–Crippen MR) is 129 cm³/mol. The zero-order valence-electron chi connectivity index (χ0n) is 19.8. The number of likely N-dealkylation sites (tertiary alicyclic amines) is 1. The summed E-state index contributed by atoms with van der Waals surface area (Å²) in [4.78, 5) is 39.6. The van der Waals surface area contributed by atoms with Crippen LogP contribution in [-0.4, -0.2) is 52.7 Å². The number of rotatable bonds is 8. The van der Waals surface area contributed by atoms with Crippen LogP contribution in [0.3, 0.4) is 0 Å². The fraction of sp³-hybridized carbons (Fsp3) is 0.444. The highest BCUT2D eigenvalue weighted by Crippen LogP contribution is 2.44. The molecule has 1 unspecified atom stereocenters. The van der Waals surface area contributed by atoms with E-state index in [0.717, 1.165) is 22.3 Å². The summed E-state index contributed by atoms with van der Waals surface area (Å²) in [6, 6.07) is 15.4. The molecule has 7 heteroatoms. The Morgan fingerprint density at radius 2 is 1.71 bits per heavy atom. The lowest BCUT2D eigenvalue weighted by atomic mass is 9.90. The zero-order chi connectivity index (χ0) is 24.3. The molecular weight excluding hydrogens is 432 g/mol. The summed E-state index contributed by atoms with van der Waals surface area (Å²) in [6.45, 7) is 4.25. The molecular formula is C27H32N2O5. The first-order valence-corrected chi connectivity index (χ1v) is 12.1. The van der Waals surface area contributed by atoms with Crippen molar-refractivity contribution < 1.29 is 24.2 Å². The number of hydrogen-bond donors (Lipinski definition) is 2. The van der Waals surface area contributed by atoms with E-state index in [1.165, 1.54) is 4.90 Å². The standard InChI is InChI=1S/C27H32N2O5/c1-3-14-27(25(31)32)15-9-16-29(27)24(30)23(4-2)28-26(33)34-17-22-20-12-7-5-10-18(20)19-11-6-8-13-21(19)22/h5-8,10-13,22-23H,3-4,9,14-17H2,1-2H3,(H,28,33)(H,31,32)/t23-,27?/m1/s1. The number of aliphatic carboxylic acids is 1. The zero-order valence-corrected chi connectivity index (χ0v) is 19.8. The van der Waals surface area contributed by atoms with Crippen LogP contribution in [-0.2, 0) is 14.3 Å². The number of nitrogens with one attached hydrogen (secondary N) is 1. The van der Waals surface area contributed by atoms with Gasteiger partial charge in [-0.2, -0.15) is 0 Å². The minimum atomic E-state index is -1.19. The maximum atomic E-state index is 13.3. The average molecular weight is 465 g/mol.